The summed E-state index contributed by atoms with van der Waals surface area (Å²) in [5.74, 6) is 0. The normalized spacial score (nSPS) is 13.2. The summed E-state index contributed by atoms with van der Waals surface area (Å²) >= 11 is 0. The molecule has 1 aromatic heterocycles. The third-order valence-corrected chi connectivity index (χ3v) is 3.06. The number of hydrogen-bond acceptors (Lipinski definition) is 2. The van der Waals surface area contributed by atoms with Gasteiger partial charge < -0.3 is 5.32 Å². The molecule has 0 saturated heterocycles. The van der Waals surface area contributed by atoms with Gasteiger partial charge in [-0.3, -0.25) is 0 Å². The first-order chi connectivity index (χ1) is 9.50. The molecule has 0 aliphatic carbocycles. The number of alkyl halides is 3. The molecule has 0 radical (unpaired) electrons. The predicted molar refractivity (Wildman–Crippen MR) is 71.2 cm³/mol. The average molecular weight is 280 g/mol. The van der Waals surface area contributed by atoms with E-state index in [0.29, 0.717) is 12.1 Å². The number of pyridine rings is 1. The molecule has 0 bridgehead atoms. The van der Waals surface area contributed by atoms with Gasteiger partial charge in [0.25, 0.3) is 0 Å². The minimum absolute atomic E-state index is 0.0628. The molecule has 2 aromatic rings. The molecule has 0 aliphatic heterocycles. The van der Waals surface area contributed by atoms with E-state index in [1.54, 1.807) is 13.1 Å². The summed E-state index contributed by atoms with van der Waals surface area (Å²) in [4.78, 5) is 3.69. The molecule has 0 amide bonds. The first kappa shape index (κ1) is 14.5. The van der Waals surface area contributed by atoms with Gasteiger partial charge >= 0.3 is 6.18 Å². The third kappa shape index (κ3) is 3.57. The van der Waals surface area contributed by atoms with Crippen LogP contribution in [0.25, 0.3) is 0 Å². The summed E-state index contributed by atoms with van der Waals surface area (Å²) in [6.07, 6.45) is -4.00. The van der Waals surface area contributed by atoms with Crippen molar-refractivity contribution in [3.63, 3.8) is 0 Å². The molecule has 0 fully saturated rings. The van der Waals surface area contributed by atoms with Crippen LogP contribution in [-0.2, 0) is 12.6 Å². The van der Waals surface area contributed by atoms with Crippen molar-refractivity contribution in [2.45, 2.75) is 18.6 Å². The van der Waals surface area contributed by atoms with E-state index in [-0.39, 0.29) is 6.04 Å². The predicted octanol–water partition coefficient (Wildman–Crippen LogP) is 3.60. The Kier molecular flexibility index (Phi) is 4.39. The summed E-state index contributed by atoms with van der Waals surface area (Å²) in [6, 6.07) is 13.5. The van der Waals surface area contributed by atoms with Crippen molar-refractivity contribution in [2.24, 2.45) is 0 Å². The van der Waals surface area contributed by atoms with Crippen LogP contribution in [0.3, 0.4) is 0 Å². The number of nitrogens with one attached hydrogen (secondary N) is 1. The topological polar surface area (TPSA) is 24.9 Å². The van der Waals surface area contributed by atoms with E-state index in [2.05, 4.69) is 10.3 Å². The van der Waals surface area contributed by atoms with Crippen molar-refractivity contribution < 1.29 is 13.2 Å². The molecule has 0 spiro atoms. The molecule has 1 heterocycles. The Morgan fingerprint density at radius 3 is 2.35 bits per heavy atom. The maximum absolute atomic E-state index is 12.6. The maximum Gasteiger partial charge on any atom is 0.433 e. The van der Waals surface area contributed by atoms with Crippen molar-refractivity contribution in [1.82, 2.24) is 10.3 Å². The van der Waals surface area contributed by atoms with Crippen LogP contribution in [0.5, 0.6) is 0 Å². The number of nitrogens with zero attached hydrogens (tertiary/aromatic N) is 1. The van der Waals surface area contributed by atoms with Gasteiger partial charge in [0.2, 0.25) is 0 Å². The Balaban J connectivity index is 2.20. The van der Waals surface area contributed by atoms with Gasteiger partial charge in [-0.25, -0.2) is 4.98 Å². The first-order valence-corrected chi connectivity index (χ1v) is 6.26. The second-order valence-corrected chi connectivity index (χ2v) is 4.47. The summed E-state index contributed by atoms with van der Waals surface area (Å²) in [5.41, 5.74) is 0.593. The van der Waals surface area contributed by atoms with Gasteiger partial charge in [-0.05, 0) is 24.7 Å². The standard InChI is InChI=1S/C15H15F3N2/c1-19-13(11-6-3-2-4-7-11)10-12-8-5-9-14(20-12)15(16,17)18/h2-9,13,19H,10H2,1H3. The lowest BCUT2D eigenvalue weighted by molar-refractivity contribution is -0.141. The zero-order valence-corrected chi connectivity index (χ0v) is 11.0. The summed E-state index contributed by atoms with van der Waals surface area (Å²) in [7, 11) is 1.78. The van der Waals surface area contributed by atoms with E-state index in [0.717, 1.165) is 11.6 Å². The van der Waals surface area contributed by atoms with Gasteiger partial charge in [-0.15, -0.1) is 0 Å². The van der Waals surface area contributed by atoms with Crippen molar-refractivity contribution in [3.8, 4) is 0 Å². The lowest BCUT2D eigenvalue weighted by atomic mass is 10.0. The number of halogens is 3. The molecule has 1 aromatic carbocycles. The average Bonchev–Trinajstić information content (AvgIpc) is 2.45. The molecule has 0 aliphatic rings. The zero-order valence-electron chi connectivity index (χ0n) is 11.0. The fourth-order valence-corrected chi connectivity index (χ4v) is 2.03. The molecule has 2 rings (SSSR count). The number of aromatic nitrogens is 1. The number of rotatable bonds is 4. The summed E-state index contributed by atoms with van der Waals surface area (Å²) in [5, 5.41) is 3.10. The first-order valence-electron chi connectivity index (χ1n) is 6.26. The molecule has 0 saturated carbocycles. The van der Waals surface area contributed by atoms with E-state index in [1.807, 2.05) is 30.3 Å². The fourth-order valence-electron chi connectivity index (χ4n) is 2.03. The molecule has 1 atom stereocenters. The highest BCUT2D eigenvalue weighted by Crippen LogP contribution is 2.28. The highest BCUT2D eigenvalue weighted by atomic mass is 19.4. The van der Waals surface area contributed by atoms with Gasteiger partial charge in [-0.1, -0.05) is 36.4 Å². The Morgan fingerprint density at radius 1 is 1.05 bits per heavy atom. The fraction of sp³-hybridized carbons (Fsp3) is 0.267. The van der Waals surface area contributed by atoms with Gasteiger partial charge in [0.05, 0.1) is 0 Å². The smallest absolute Gasteiger partial charge is 0.313 e. The molecule has 2 nitrogen and oxygen atoms in total. The van der Waals surface area contributed by atoms with Crippen molar-refractivity contribution in [2.75, 3.05) is 7.05 Å². The van der Waals surface area contributed by atoms with Crippen LogP contribution in [0.1, 0.15) is 23.0 Å². The van der Waals surface area contributed by atoms with Crippen molar-refractivity contribution in [3.05, 3.63) is 65.5 Å². The van der Waals surface area contributed by atoms with Crippen LogP contribution in [-0.4, -0.2) is 12.0 Å². The van der Waals surface area contributed by atoms with E-state index in [9.17, 15) is 13.2 Å². The van der Waals surface area contributed by atoms with Gasteiger partial charge in [0.15, 0.2) is 0 Å². The molecule has 106 valence electrons. The van der Waals surface area contributed by atoms with E-state index in [1.165, 1.54) is 6.07 Å². The molecule has 1 N–H and O–H groups in total. The lowest BCUT2D eigenvalue weighted by Crippen LogP contribution is -2.20. The maximum atomic E-state index is 12.6. The second kappa shape index (κ2) is 6.05. The SMILES string of the molecule is CNC(Cc1cccc(C(F)(F)F)n1)c1ccccc1. The summed E-state index contributed by atoms with van der Waals surface area (Å²) < 4.78 is 37.9. The molecule has 5 heteroatoms. The highest BCUT2D eigenvalue weighted by Gasteiger charge is 2.32. The minimum atomic E-state index is -4.40. The van der Waals surface area contributed by atoms with E-state index >= 15 is 0 Å². The van der Waals surface area contributed by atoms with Gasteiger partial charge in [0, 0.05) is 18.2 Å². The Morgan fingerprint density at radius 2 is 1.75 bits per heavy atom. The largest absolute Gasteiger partial charge is 0.433 e. The van der Waals surface area contributed by atoms with Crippen LogP contribution in [0.4, 0.5) is 13.2 Å². The van der Waals surface area contributed by atoms with E-state index < -0.39 is 11.9 Å². The van der Waals surface area contributed by atoms with Crippen LogP contribution in [0.2, 0.25) is 0 Å². The Hall–Kier alpha value is -1.88. The van der Waals surface area contributed by atoms with E-state index in [4.69, 9.17) is 0 Å². The second-order valence-electron chi connectivity index (χ2n) is 4.47. The van der Waals surface area contributed by atoms with Crippen LogP contribution in [0.15, 0.2) is 48.5 Å². The molecule has 1 unspecified atom stereocenters. The molecular weight excluding hydrogens is 265 g/mol. The zero-order chi connectivity index (χ0) is 14.6. The monoisotopic (exact) mass is 280 g/mol. The third-order valence-electron chi connectivity index (χ3n) is 3.06. The number of hydrogen-bond donors (Lipinski definition) is 1. The van der Waals surface area contributed by atoms with Gasteiger partial charge in [-0.2, -0.15) is 13.2 Å². The summed E-state index contributed by atoms with van der Waals surface area (Å²) in [6.45, 7) is 0. The minimum Gasteiger partial charge on any atom is -0.313 e. The van der Waals surface area contributed by atoms with Crippen LogP contribution >= 0.6 is 0 Å². The number of benzene rings is 1. The number of likely N-dealkylation sites (N-methyl/N-ethyl adjacent to an activating group) is 1. The Bertz CT molecular complexity index is 553. The quantitative estimate of drug-likeness (QED) is 0.925. The lowest BCUT2D eigenvalue weighted by Gasteiger charge is -2.17. The van der Waals surface area contributed by atoms with Crippen LogP contribution in [0, 0.1) is 0 Å². The molecular formula is C15H15F3N2. The van der Waals surface area contributed by atoms with Crippen molar-refractivity contribution in [1.29, 1.82) is 0 Å². The van der Waals surface area contributed by atoms with Gasteiger partial charge in [0.1, 0.15) is 5.69 Å². The van der Waals surface area contributed by atoms with Crippen LogP contribution < -0.4 is 5.32 Å². The Labute approximate surface area is 115 Å². The highest BCUT2D eigenvalue weighted by molar-refractivity contribution is 5.22. The molecule has 20 heavy (non-hydrogen) atoms. The van der Waals surface area contributed by atoms with Crippen molar-refractivity contribution >= 4 is 0 Å².